The molecule has 0 aromatic heterocycles. The lowest BCUT2D eigenvalue weighted by Crippen LogP contribution is -2.36. The van der Waals surface area contributed by atoms with Gasteiger partial charge in [0.15, 0.2) is 0 Å². The number of alkyl halides is 1. The summed E-state index contributed by atoms with van der Waals surface area (Å²) in [7, 11) is -9.59. The number of esters is 1. The Hall–Kier alpha value is -1.28. The molecule has 0 saturated carbocycles. The van der Waals surface area contributed by atoms with Crippen LogP contribution >= 0.6 is 7.60 Å². The van der Waals surface area contributed by atoms with Crippen LogP contribution in [0.1, 0.15) is 46.5 Å². The second-order valence-electron chi connectivity index (χ2n) is 5.91. The van der Waals surface area contributed by atoms with E-state index in [4.69, 9.17) is 13.8 Å². The van der Waals surface area contributed by atoms with Crippen LogP contribution in [0, 0.1) is 0 Å². The molecule has 0 amide bonds. The van der Waals surface area contributed by atoms with E-state index < -0.39 is 41.0 Å². The van der Waals surface area contributed by atoms with Crippen molar-refractivity contribution in [1.29, 1.82) is 0 Å². The maximum Gasteiger partial charge on any atom is 0.383 e. The molecule has 0 aliphatic carbocycles. The van der Waals surface area contributed by atoms with Crippen molar-refractivity contribution < 1.29 is 36.0 Å². The van der Waals surface area contributed by atoms with Crippen molar-refractivity contribution in [3.63, 3.8) is 0 Å². The van der Waals surface area contributed by atoms with E-state index in [1.54, 1.807) is 6.07 Å². The summed E-state index contributed by atoms with van der Waals surface area (Å²) >= 11 is 0. The Morgan fingerprint density at radius 3 is 2.18 bits per heavy atom. The van der Waals surface area contributed by atoms with Gasteiger partial charge in [0.1, 0.15) is 0 Å². The number of hydrogen-bond acceptors (Lipinski definition) is 7. The number of ether oxygens (including phenoxy) is 1. The molecule has 28 heavy (non-hydrogen) atoms. The monoisotopic (exact) mass is 438 g/mol. The van der Waals surface area contributed by atoms with Crippen LogP contribution in [0.2, 0.25) is 0 Å². The zero-order valence-corrected chi connectivity index (χ0v) is 18.1. The van der Waals surface area contributed by atoms with Crippen LogP contribution in [-0.4, -0.2) is 38.9 Å². The lowest BCUT2D eigenvalue weighted by atomic mass is 10.3. The predicted molar refractivity (Wildman–Crippen MR) is 103 cm³/mol. The fourth-order valence-corrected chi connectivity index (χ4v) is 7.01. The Morgan fingerprint density at radius 1 is 1.11 bits per heavy atom. The molecule has 7 nitrogen and oxygen atoms in total. The highest BCUT2D eigenvalue weighted by molar-refractivity contribution is 7.99. The van der Waals surface area contributed by atoms with Gasteiger partial charge in [-0.15, -0.1) is 0 Å². The minimum Gasteiger partial charge on any atom is -0.466 e. The summed E-state index contributed by atoms with van der Waals surface area (Å²) in [5.41, 5.74) is 0. The largest absolute Gasteiger partial charge is 0.466 e. The molecule has 0 aliphatic rings. The molecular formula is C18H28FO7PS. The van der Waals surface area contributed by atoms with Crippen LogP contribution in [0.4, 0.5) is 4.39 Å². The van der Waals surface area contributed by atoms with Gasteiger partial charge in [-0.25, -0.2) is 12.8 Å². The van der Waals surface area contributed by atoms with Crippen molar-refractivity contribution in [1.82, 2.24) is 0 Å². The molecular weight excluding hydrogens is 410 g/mol. The molecule has 10 heteroatoms. The van der Waals surface area contributed by atoms with E-state index in [1.807, 2.05) is 6.92 Å². The fraction of sp³-hybridized carbons (Fsp3) is 0.611. The van der Waals surface area contributed by atoms with Gasteiger partial charge in [0.05, 0.1) is 31.1 Å². The average Bonchev–Trinajstić information content (AvgIpc) is 2.67. The van der Waals surface area contributed by atoms with Crippen molar-refractivity contribution in [2.75, 3.05) is 19.8 Å². The molecule has 0 radical (unpaired) electrons. The second kappa shape index (κ2) is 11.0. The summed E-state index contributed by atoms with van der Waals surface area (Å²) in [5, 5.41) is 0. The lowest BCUT2D eigenvalue weighted by Gasteiger charge is -2.31. The minimum absolute atomic E-state index is 0.147. The first-order chi connectivity index (χ1) is 13.2. The van der Waals surface area contributed by atoms with E-state index in [0.29, 0.717) is 6.42 Å². The van der Waals surface area contributed by atoms with E-state index in [-0.39, 0.29) is 24.7 Å². The molecule has 1 atom stereocenters. The first kappa shape index (κ1) is 24.8. The third kappa shape index (κ3) is 5.63. The molecule has 0 unspecified atom stereocenters. The van der Waals surface area contributed by atoms with E-state index in [0.717, 1.165) is 6.42 Å². The van der Waals surface area contributed by atoms with E-state index >= 15 is 4.39 Å². The number of sulfone groups is 1. The lowest BCUT2D eigenvalue weighted by molar-refractivity contribution is -0.144. The van der Waals surface area contributed by atoms with Gasteiger partial charge in [0.25, 0.3) is 0 Å². The van der Waals surface area contributed by atoms with Crippen molar-refractivity contribution in [3.8, 4) is 0 Å². The van der Waals surface area contributed by atoms with Gasteiger partial charge in [-0.2, -0.15) is 0 Å². The molecule has 0 heterocycles. The zero-order chi connectivity index (χ0) is 21.3. The fourth-order valence-electron chi connectivity index (χ4n) is 2.43. The van der Waals surface area contributed by atoms with Crippen molar-refractivity contribution in [2.45, 2.75) is 56.1 Å². The summed E-state index contributed by atoms with van der Waals surface area (Å²) in [6.45, 7) is 4.49. The first-order valence-electron chi connectivity index (χ1n) is 9.22. The molecule has 1 aromatic carbocycles. The normalized spacial score (nSPS) is 14.4. The third-order valence-corrected chi connectivity index (χ3v) is 9.42. The zero-order valence-electron chi connectivity index (χ0n) is 16.4. The molecule has 0 aliphatic heterocycles. The summed E-state index contributed by atoms with van der Waals surface area (Å²) in [6, 6.07) is 6.77. The van der Waals surface area contributed by atoms with Gasteiger partial charge in [-0.1, -0.05) is 31.5 Å². The van der Waals surface area contributed by atoms with Gasteiger partial charge < -0.3 is 13.8 Å². The van der Waals surface area contributed by atoms with E-state index in [9.17, 15) is 17.8 Å². The number of hydrogen-bond donors (Lipinski definition) is 0. The Morgan fingerprint density at radius 2 is 1.68 bits per heavy atom. The minimum atomic E-state index is -4.81. The number of unbranched alkanes of at least 4 members (excludes halogenated alkanes) is 1. The Labute approximate surface area is 166 Å². The summed E-state index contributed by atoms with van der Waals surface area (Å²) in [5.74, 6) is -0.779. The van der Waals surface area contributed by atoms with Crippen LogP contribution in [-0.2, 0) is 33.0 Å². The molecule has 0 bridgehead atoms. The van der Waals surface area contributed by atoms with Gasteiger partial charge in [0, 0.05) is 6.42 Å². The van der Waals surface area contributed by atoms with Crippen LogP contribution in [0.5, 0.6) is 0 Å². The van der Waals surface area contributed by atoms with Gasteiger partial charge in [0.2, 0.25) is 9.84 Å². The third-order valence-electron chi connectivity index (χ3n) is 3.87. The SMILES string of the molecule is CCCCOC(=O)CC[C@@](F)(P(=O)(OCC)OCC)S(=O)(=O)c1ccccc1. The van der Waals surface area contributed by atoms with Crippen molar-refractivity contribution >= 4 is 23.4 Å². The maximum atomic E-state index is 16.1. The smallest absolute Gasteiger partial charge is 0.383 e. The quantitative estimate of drug-likeness (QED) is 0.255. The molecule has 0 fully saturated rings. The standard InChI is InChI=1S/C18H28FO7PS/c1-4-7-15-24-17(20)13-14-18(19,27(21,25-5-2)26-6-3)28(22,23)16-11-9-8-10-12-16/h8-12H,4-7,13-15H2,1-3H3/t18-/m1/s1. The summed E-state index contributed by atoms with van der Waals surface area (Å²) in [6.07, 6.45) is -0.0688. The number of carbonyl (C=O) groups is 1. The molecule has 0 saturated heterocycles. The van der Waals surface area contributed by atoms with Crippen molar-refractivity contribution in [3.05, 3.63) is 30.3 Å². The highest BCUT2D eigenvalue weighted by Crippen LogP contribution is 2.66. The summed E-state index contributed by atoms with van der Waals surface area (Å²) < 4.78 is 66.9. The van der Waals surface area contributed by atoms with Crippen LogP contribution in [0.15, 0.2) is 35.2 Å². The second-order valence-corrected chi connectivity index (χ2v) is 10.6. The average molecular weight is 438 g/mol. The molecule has 1 aromatic rings. The Balaban J connectivity index is 3.30. The Bertz CT molecular complexity index is 759. The van der Waals surface area contributed by atoms with E-state index in [1.165, 1.54) is 38.1 Å². The topological polar surface area (TPSA) is 96.0 Å². The number of benzene rings is 1. The maximum absolute atomic E-state index is 16.1. The predicted octanol–water partition coefficient (Wildman–Crippen LogP) is 4.47. The van der Waals surface area contributed by atoms with Crippen LogP contribution < -0.4 is 0 Å². The first-order valence-corrected chi connectivity index (χ1v) is 12.2. The van der Waals surface area contributed by atoms with Gasteiger partial charge in [-0.05, 0) is 32.4 Å². The highest BCUT2D eigenvalue weighted by atomic mass is 32.2. The number of rotatable bonds is 13. The molecule has 1 rings (SSSR count). The summed E-state index contributed by atoms with van der Waals surface area (Å²) in [4.78, 5) is 11.5. The number of carbonyl (C=O) groups excluding carboxylic acids is 1. The van der Waals surface area contributed by atoms with Gasteiger partial charge >= 0.3 is 18.3 Å². The Kier molecular flexibility index (Phi) is 9.77. The van der Waals surface area contributed by atoms with Crippen molar-refractivity contribution in [2.24, 2.45) is 0 Å². The van der Waals surface area contributed by atoms with Crippen LogP contribution in [0.25, 0.3) is 0 Å². The van der Waals surface area contributed by atoms with Crippen LogP contribution in [0.3, 0.4) is 0 Å². The molecule has 0 spiro atoms. The van der Waals surface area contributed by atoms with Gasteiger partial charge in [-0.3, -0.25) is 9.36 Å². The molecule has 160 valence electrons. The van der Waals surface area contributed by atoms with E-state index in [2.05, 4.69) is 0 Å². The molecule has 0 N–H and O–H groups in total. The number of halogens is 1. The highest BCUT2D eigenvalue weighted by Gasteiger charge is 2.62.